The maximum Gasteiger partial charge on any atom is 0.258 e. The number of thiazole rings is 1. The average Bonchev–Trinajstić information content (AvgIpc) is 3.15. The number of carbonyl (C=O) groups excluding carboxylic acids is 2. The Labute approximate surface area is 173 Å². The number of hydrogen-bond donors (Lipinski definition) is 2. The minimum absolute atomic E-state index is 0.113. The van der Waals surface area contributed by atoms with Crippen LogP contribution in [0, 0.1) is 20.8 Å². The molecule has 0 unspecified atom stereocenters. The number of nitrogens with one attached hydrogen (secondary N) is 2. The Morgan fingerprint density at radius 3 is 2.48 bits per heavy atom. The molecule has 150 valence electrons. The monoisotopic (exact) mass is 409 g/mol. The van der Waals surface area contributed by atoms with Gasteiger partial charge in [-0.25, -0.2) is 4.98 Å². The van der Waals surface area contributed by atoms with Gasteiger partial charge in [0.2, 0.25) is 5.91 Å². The molecule has 0 radical (unpaired) electrons. The van der Waals surface area contributed by atoms with Gasteiger partial charge in [-0.1, -0.05) is 12.1 Å². The molecule has 1 heterocycles. The zero-order valence-corrected chi connectivity index (χ0v) is 17.4. The number of benzene rings is 2. The van der Waals surface area contributed by atoms with Crippen LogP contribution in [-0.4, -0.2) is 29.9 Å². The maximum absolute atomic E-state index is 12.1. The van der Waals surface area contributed by atoms with Gasteiger partial charge in [-0.3, -0.25) is 9.59 Å². The highest BCUT2D eigenvalue weighted by atomic mass is 32.1. The van der Waals surface area contributed by atoms with Crippen molar-refractivity contribution < 1.29 is 14.3 Å². The van der Waals surface area contributed by atoms with Crippen molar-refractivity contribution in [3.63, 3.8) is 0 Å². The lowest BCUT2D eigenvalue weighted by atomic mass is 10.1. The molecule has 2 N–H and O–H groups in total. The number of anilines is 1. The number of aryl methyl sites for hydroxylation is 2. The first-order chi connectivity index (χ1) is 13.9. The summed E-state index contributed by atoms with van der Waals surface area (Å²) >= 11 is 1.58. The predicted octanol–water partition coefficient (Wildman–Crippen LogP) is 3.87. The van der Waals surface area contributed by atoms with Crippen molar-refractivity contribution in [1.29, 1.82) is 0 Å². The molecule has 0 aliphatic carbocycles. The van der Waals surface area contributed by atoms with E-state index < -0.39 is 0 Å². The number of nitrogens with zero attached hydrogens (tertiary/aromatic N) is 1. The Kier molecular flexibility index (Phi) is 6.61. The summed E-state index contributed by atoms with van der Waals surface area (Å²) in [5.41, 5.74) is 4.84. The molecule has 29 heavy (non-hydrogen) atoms. The molecule has 0 spiro atoms. The molecule has 1 aromatic heterocycles. The van der Waals surface area contributed by atoms with Crippen molar-refractivity contribution in [2.24, 2.45) is 0 Å². The molecular formula is C22H23N3O3S. The fourth-order valence-corrected chi connectivity index (χ4v) is 3.44. The number of rotatable bonds is 7. The van der Waals surface area contributed by atoms with Gasteiger partial charge in [0, 0.05) is 22.3 Å². The third-order valence-electron chi connectivity index (χ3n) is 4.42. The lowest BCUT2D eigenvalue weighted by Gasteiger charge is -2.11. The van der Waals surface area contributed by atoms with E-state index in [1.54, 1.807) is 23.5 Å². The first-order valence-electron chi connectivity index (χ1n) is 9.20. The van der Waals surface area contributed by atoms with Crippen molar-refractivity contribution in [2.45, 2.75) is 20.8 Å². The molecule has 7 heteroatoms. The van der Waals surface area contributed by atoms with E-state index in [0.717, 1.165) is 33.1 Å². The molecule has 0 saturated carbocycles. The highest BCUT2D eigenvalue weighted by Gasteiger charge is 2.09. The smallest absolute Gasteiger partial charge is 0.258 e. The van der Waals surface area contributed by atoms with Crippen LogP contribution in [-0.2, 0) is 9.59 Å². The molecule has 2 aromatic carbocycles. The zero-order chi connectivity index (χ0) is 20.8. The Hall–Kier alpha value is -3.19. The van der Waals surface area contributed by atoms with Gasteiger partial charge in [-0.2, -0.15) is 0 Å². The summed E-state index contributed by atoms with van der Waals surface area (Å²) in [6, 6.07) is 13.1. The van der Waals surface area contributed by atoms with E-state index in [4.69, 9.17) is 4.74 Å². The Morgan fingerprint density at radius 1 is 1.03 bits per heavy atom. The van der Waals surface area contributed by atoms with Gasteiger partial charge in [-0.15, -0.1) is 11.3 Å². The van der Waals surface area contributed by atoms with Gasteiger partial charge in [0.15, 0.2) is 6.61 Å². The molecule has 0 saturated heterocycles. The van der Waals surface area contributed by atoms with E-state index in [-0.39, 0.29) is 25.0 Å². The van der Waals surface area contributed by atoms with Gasteiger partial charge in [0.25, 0.3) is 5.91 Å². The van der Waals surface area contributed by atoms with E-state index >= 15 is 0 Å². The van der Waals surface area contributed by atoms with Crippen LogP contribution in [0.5, 0.6) is 5.75 Å². The minimum atomic E-state index is -0.360. The van der Waals surface area contributed by atoms with Crippen LogP contribution in [0.25, 0.3) is 10.6 Å². The summed E-state index contributed by atoms with van der Waals surface area (Å²) in [4.78, 5) is 28.5. The van der Waals surface area contributed by atoms with Crippen LogP contribution in [0.15, 0.2) is 47.8 Å². The van der Waals surface area contributed by atoms with E-state index in [2.05, 4.69) is 15.6 Å². The summed E-state index contributed by atoms with van der Waals surface area (Å²) < 4.78 is 5.49. The minimum Gasteiger partial charge on any atom is -0.484 e. The van der Waals surface area contributed by atoms with Gasteiger partial charge >= 0.3 is 0 Å². The van der Waals surface area contributed by atoms with Crippen LogP contribution in [0.3, 0.4) is 0 Å². The van der Waals surface area contributed by atoms with Crippen molar-refractivity contribution in [3.05, 3.63) is 64.7 Å². The lowest BCUT2D eigenvalue weighted by Crippen LogP contribution is -2.35. The number of carbonyl (C=O) groups is 2. The summed E-state index contributed by atoms with van der Waals surface area (Å²) in [5, 5.41) is 8.31. The number of aromatic nitrogens is 1. The highest BCUT2D eigenvalue weighted by molar-refractivity contribution is 7.13. The van der Waals surface area contributed by atoms with Crippen LogP contribution < -0.4 is 15.4 Å². The molecule has 2 amide bonds. The highest BCUT2D eigenvalue weighted by Crippen LogP contribution is 2.25. The average molecular weight is 410 g/mol. The normalized spacial score (nSPS) is 10.4. The third-order valence-corrected chi connectivity index (χ3v) is 5.42. The molecule has 3 rings (SSSR count). The summed E-state index contributed by atoms with van der Waals surface area (Å²) in [6.45, 7) is 5.61. The molecule has 0 bridgehead atoms. The molecule has 6 nitrogen and oxygen atoms in total. The largest absolute Gasteiger partial charge is 0.484 e. The number of ether oxygens (including phenoxy) is 1. The van der Waals surface area contributed by atoms with Crippen LogP contribution in [0.4, 0.5) is 5.69 Å². The van der Waals surface area contributed by atoms with Gasteiger partial charge in [-0.05, 0) is 62.2 Å². The molecule has 0 aliphatic rings. The summed E-state index contributed by atoms with van der Waals surface area (Å²) in [6.07, 6.45) is 0. The second kappa shape index (κ2) is 9.34. The second-order valence-corrected chi connectivity index (χ2v) is 7.54. The van der Waals surface area contributed by atoms with E-state index in [1.807, 2.05) is 56.5 Å². The number of hydrogen-bond acceptors (Lipinski definition) is 5. The van der Waals surface area contributed by atoms with Gasteiger partial charge in [0.1, 0.15) is 10.8 Å². The first-order valence-corrected chi connectivity index (χ1v) is 10.1. The van der Waals surface area contributed by atoms with E-state index in [0.29, 0.717) is 5.75 Å². The Balaban J connectivity index is 1.44. The van der Waals surface area contributed by atoms with Gasteiger partial charge in [0.05, 0.1) is 6.54 Å². The van der Waals surface area contributed by atoms with Crippen molar-refractivity contribution >= 4 is 28.8 Å². The van der Waals surface area contributed by atoms with Crippen LogP contribution in [0.2, 0.25) is 0 Å². The van der Waals surface area contributed by atoms with E-state index in [9.17, 15) is 9.59 Å². The molecule has 3 aromatic rings. The van der Waals surface area contributed by atoms with Crippen LogP contribution in [0.1, 0.15) is 16.8 Å². The fraction of sp³-hybridized carbons (Fsp3) is 0.227. The second-order valence-electron chi connectivity index (χ2n) is 6.68. The Morgan fingerprint density at radius 2 is 1.79 bits per heavy atom. The first kappa shape index (κ1) is 20.5. The summed E-state index contributed by atoms with van der Waals surface area (Å²) in [7, 11) is 0. The van der Waals surface area contributed by atoms with Crippen molar-refractivity contribution in [3.8, 4) is 16.3 Å². The van der Waals surface area contributed by atoms with Crippen LogP contribution >= 0.6 is 11.3 Å². The molecule has 0 fully saturated rings. The standard InChI is InChI=1S/C22H23N3O3S/c1-14-5-4-6-19(16(14)3)25-20(26)11-23-21(27)12-28-18-9-7-17(8-10-18)22-24-15(2)13-29-22/h4-10,13H,11-12H2,1-3H3,(H,23,27)(H,25,26). The third kappa shape index (κ3) is 5.65. The molecule has 0 atom stereocenters. The fourth-order valence-electron chi connectivity index (χ4n) is 2.64. The van der Waals surface area contributed by atoms with E-state index in [1.165, 1.54) is 0 Å². The predicted molar refractivity (Wildman–Crippen MR) is 115 cm³/mol. The summed E-state index contributed by atoms with van der Waals surface area (Å²) in [5.74, 6) is -0.0621. The topological polar surface area (TPSA) is 80.3 Å². The SMILES string of the molecule is Cc1csc(-c2ccc(OCC(=O)NCC(=O)Nc3cccc(C)c3C)cc2)n1. The van der Waals surface area contributed by atoms with Crippen molar-refractivity contribution in [2.75, 3.05) is 18.5 Å². The quantitative estimate of drug-likeness (QED) is 0.621. The Bertz CT molecular complexity index is 1010. The molecular weight excluding hydrogens is 386 g/mol. The number of amides is 2. The molecule has 0 aliphatic heterocycles. The zero-order valence-electron chi connectivity index (χ0n) is 16.6. The maximum atomic E-state index is 12.1. The van der Waals surface area contributed by atoms with Crippen molar-refractivity contribution in [1.82, 2.24) is 10.3 Å². The van der Waals surface area contributed by atoms with Gasteiger partial charge < -0.3 is 15.4 Å². The lowest BCUT2D eigenvalue weighted by molar-refractivity contribution is -0.125.